The molecule has 2 heterocycles. The van der Waals surface area contributed by atoms with Crippen LogP contribution >= 0.6 is 15.9 Å². The van der Waals surface area contributed by atoms with Gasteiger partial charge in [0.15, 0.2) is 0 Å². The largest absolute Gasteiger partial charge is 0.347 e. The van der Waals surface area contributed by atoms with E-state index in [0.717, 1.165) is 30.1 Å². The summed E-state index contributed by atoms with van der Waals surface area (Å²) in [4.78, 5) is 13.3. The van der Waals surface area contributed by atoms with Crippen molar-refractivity contribution < 1.29 is 0 Å². The van der Waals surface area contributed by atoms with Crippen LogP contribution in [-0.4, -0.2) is 41.5 Å². The van der Waals surface area contributed by atoms with E-state index < -0.39 is 0 Å². The first-order valence-corrected chi connectivity index (χ1v) is 7.51. The Labute approximate surface area is 127 Å². The maximum absolute atomic E-state index is 4.43. The minimum Gasteiger partial charge on any atom is -0.347 e. The lowest BCUT2D eigenvalue weighted by atomic mass is 10.0. The SMILES string of the molecule is CN1CCN(c2cc(Br)ncn2)C(c2ccccc2)C1. The highest BCUT2D eigenvalue weighted by atomic mass is 79.9. The van der Waals surface area contributed by atoms with Crippen molar-refractivity contribution in [3.05, 3.63) is 52.9 Å². The number of benzene rings is 1. The van der Waals surface area contributed by atoms with Crippen LogP contribution in [0.1, 0.15) is 11.6 Å². The lowest BCUT2D eigenvalue weighted by Gasteiger charge is -2.41. The second kappa shape index (κ2) is 5.89. The molecule has 1 aliphatic heterocycles. The molecule has 1 saturated heterocycles. The molecule has 2 aromatic rings. The number of likely N-dealkylation sites (N-methyl/N-ethyl adjacent to an activating group) is 1. The second-order valence-electron chi connectivity index (χ2n) is 5.08. The molecular formula is C15H17BrN4. The Kier molecular flexibility index (Phi) is 3.98. The zero-order valence-electron chi connectivity index (χ0n) is 11.4. The molecule has 104 valence electrons. The Balaban J connectivity index is 1.95. The van der Waals surface area contributed by atoms with Gasteiger partial charge in [0.1, 0.15) is 16.7 Å². The number of halogens is 1. The molecule has 0 spiro atoms. The van der Waals surface area contributed by atoms with Gasteiger partial charge < -0.3 is 9.80 Å². The molecule has 1 unspecified atom stereocenters. The summed E-state index contributed by atoms with van der Waals surface area (Å²) >= 11 is 3.43. The van der Waals surface area contributed by atoms with E-state index in [1.807, 2.05) is 6.07 Å². The highest BCUT2D eigenvalue weighted by Gasteiger charge is 2.27. The minimum atomic E-state index is 0.330. The van der Waals surface area contributed by atoms with E-state index in [9.17, 15) is 0 Å². The van der Waals surface area contributed by atoms with Crippen molar-refractivity contribution in [1.29, 1.82) is 0 Å². The Morgan fingerprint density at radius 1 is 1.15 bits per heavy atom. The van der Waals surface area contributed by atoms with E-state index >= 15 is 0 Å². The fourth-order valence-corrected chi connectivity index (χ4v) is 2.93. The first-order chi connectivity index (χ1) is 9.74. The molecule has 1 aromatic heterocycles. The molecule has 0 N–H and O–H groups in total. The van der Waals surface area contributed by atoms with E-state index in [0.29, 0.717) is 6.04 Å². The summed E-state index contributed by atoms with van der Waals surface area (Å²) in [6.07, 6.45) is 1.61. The highest BCUT2D eigenvalue weighted by molar-refractivity contribution is 9.10. The third-order valence-corrected chi connectivity index (χ3v) is 4.12. The average molecular weight is 333 g/mol. The van der Waals surface area contributed by atoms with Crippen molar-refractivity contribution in [2.24, 2.45) is 0 Å². The van der Waals surface area contributed by atoms with Gasteiger partial charge in [-0.1, -0.05) is 30.3 Å². The zero-order valence-corrected chi connectivity index (χ0v) is 13.0. The number of nitrogens with zero attached hydrogens (tertiary/aromatic N) is 4. The molecule has 1 atom stereocenters. The van der Waals surface area contributed by atoms with Gasteiger partial charge in [0, 0.05) is 25.7 Å². The molecule has 20 heavy (non-hydrogen) atoms. The van der Waals surface area contributed by atoms with E-state index in [1.165, 1.54) is 5.56 Å². The van der Waals surface area contributed by atoms with Gasteiger partial charge in [-0.15, -0.1) is 0 Å². The van der Waals surface area contributed by atoms with E-state index in [1.54, 1.807) is 6.33 Å². The van der Waals surface area contributed by atoms with Crippen LogP contribution in [0.2, 0.25) is 0 Å². The van der Waals surface area contributed by atoms with Gasteiger partial charge in [-0.2, -0.15) is 0 Å². The Bertz CT molecular complexity index is 575. The molecule has 1 aliphatic rings. The van der Waals surface area contributed by atoms with Crippen LogP contribution in [0.4, 0.5) is 5.82 Å². The van der Waals surface area contributed by atoms with Gasteiger partial charge in [0.05, 0.1) is 6.04 Å². The van der Waals surface area contributed by atoms with Crippen molar-refractivity contribution in [3.63, 3.8) is 0 Å². The van der Waals surface area contributed by atoms with E-state index in [-0.39, 0.29) is 0 Å². The average Bonchev–Trinajstić information content (AvgIpc) is 2.48. The Morgan fingerprint density at radius 3 is 2.70 bits per heavy atom. The number of hydrogen-bond donors (Lipinski definition) is 0. The molecule has 0 bridgehead atoms. The van der Waals surface area contributed by atoms with Gasteiger partial charge in [-0.05, 0) is 28.5 Å². The summed E-state index contributed by atoms with van der Waals surface area (Å²) in [6, 6.07) is 12.9. The Hall–Kier alpha value is -1.46. The third-order valence-electron chi connectivity index (χ3n) is 3.68. The first-order valence-electron chi connectivity index (χ1n) is 6.72. The third kappa shape index (κ3) is 2.83. The summed E-state index contributed by atoms with van der Waals surface area (Å²) < 4.78 is 0.827. The van der Waals surface area contributed by atoms with Crippen LogP contribution in [0.25, 0.3) is 0 Å². The van der Waals surface area contributed by atoms with Crippen LogP contribution in [0.5, 0.6) is 0 Å². The number of aromatic nitrogens is 2. The maximum atomic E-state index is 4.43. The fourth-order valence-electron chi connectivity index (χ4n) is 2.64. The summed E-state index contributed by atoms with van der Waals surface area (Å²) in [6.45, 7) is 3.02. The summed E-state index contributed by atoms with van der Waals surface area (Å²) in [5.41, 5.74) is 1.33. The number of piperazine rings is 1. The van der Waals surface area contributed by atoms with Crippen molar-refractivity contribution in [2.75, 3.05) is 31.6 Å². The van der Waals surface area contributed by atoms with E-state index in [4.69, 9.17) is 0 Å². The minimum absolute atomic E-state index is 0.330. The van der Waals surface area contributed by atoms with Gasteiger partial charge in [-0.25, -0.2) is 9.97 Å². The monoisotopic (exact) mass is 332 g/mol. The lowest BCUT2D eigenvalue weighted by molar-refractivity contribution is 0.268. The summed E-state index contributed by atoms with van der Waals surface area (Å²) in [5.74, 6) is 0.980. The highest BCUT2D eigenvalue weighted by Crippen LogP contribution is 2.29. The molecule has 0 radical (unpaired) electrons. The van der Waals surface area contributed by atoms with Crippen LogP contribution < -0.4 is 4.90 Å². The second-order valence-corrected chi connectivity index (χ2v) is 5.89. The standard InChI is InChI=1S/C15H17BrN4/c1-19-7-8-20(15-9-14(16)17-11-18-15)13(10-19)12-5-3-2-4-6-12/h2-6,9,11,13H,7-8,10H2,1H3. The van der Waals surface area contributed by atoms with Crippen molar-refractivity contribution in [1.82, 2.24) is 14.9 Å². The molecular weight excluding hydrogens is 316 g/mol. The molecule has 0 saturated carbocycles. The van der Waals surface area contributed by atoms with Crippen molar-refractivity contribution in [2.45, 2.75) is 6.04 Å². The molecule has 5 heteroatoms. The number of rotatable bonds is 2. The molecule has 1 aromatic carbocycles. The normalized spacial score (nSPS) is 20.1. The molecule has 0 aliphatic carbocycles. The first kappa shape index (κ1) is 13.5. The van der Waals surface area contributed by atoms with Crippen LogP contribution in [-0.2, 0) is 0 Å². The lowest BCUT2D eigenvalue weighted by Crippen LogP contribution is -2.47. The molecule has 1 fully saturated rings. The van der Waals surface area contributed by atoms with Crippen LogP contribution in [0.3, 0.4) is 0 Å². The molecule has 3 rings (SSSR count). The van der Waals surface area contributed by atoms with Gasteiger partial charge >= 0.3 is 0 Å². The van der Waals surface area contributed by atoms with Gasteiger partial charge in [0.2, 0.25) is 0 Å². The molecule has 0 amide bonds. The topological polar surface area (TPSA) is 32.3 Å². The number of hydrogen-bond acceptors (Lipinski definition) is 4. The van der Waals surface area contributed by atoms with E-state index in [2.05, 4.69) is 73.1 Å². The summed E-state index contributed by atoms with van der Waals surface area (Å²) in [5, 5.41) is 0. The number of anilines is 1. The van der Waals surface area contributed by atoms with Crippen molar-refractivity contribution >= 4 is 21.7 Å². The predicted molar refractivity (Wildman–Crippen MR) is 83.8 cm³/mol. The molecule has 4 nitrogen and oxygen atoms in total. The maximum Gasteiger partial charge on any atom is 0.133 e. The summed E-state index contributed by atoms with van der Waals surface area (Å²) in [7, 11) is 2.17. The van der Waals surface area contributed by atoms with Crippen molar-refractivity contribution in [3.8, 4) is 0 Å². The zero-order chi connectivity index (χ0) is 13.9. The quantitative estimate of drug-likeness (QED) is 0.791. The smallest absolute Gasteiger partial charge is 0.133 e. The predicted octanol–water partition coefficient (Wildman–Crippen LogP) is 2.73. The van der Waals surface area contributed by atoms with Gasteiger partial charge in [-0.3, -0.25) is 0 Å². The van der Waals surface area contributed by atoms with Gasteiger partial charge in [0.25, 0.3) is 0 Å². The Morgan fingerprint density at radius 2 is 1.95 bits per heavy atom. The van der Waals surface area contributed by atoms with Crippen LogP contribution in [0.15, 0.2) is 47.3 Å². The van der Waals surface area contributed by atoms with Crippen LogP contribution in [0, 0.1) is 0 Å². The fraction of sp³-hybridized carbons (Fsp3) is 0.333.